The van der Waals surface area contributed by atoms with Gasteiger partial charge in [-0.15, -0.1) is 0 Å². The van der Waals surface area contributed by atoms with Crippen molar-refractivity contribution in [2.24, 2.45) is 5.41 Å². The van der Waals surface area contributed by atoms with Gasteiger partial charge in [0.05, 0.1) is 11.7 Å². The van der Waals surface area contributed by atoms with E-state index in [9.17, 15) is 0 Å². The lowest BCUT2D eigenvalue weighted by atomic mass is 9.84. The van der Waals surface area contributed by atoms with Crippen molar-refractivity contribution in [1.29, 1.82) is 0 Å². The molecule has 3 unspecified atom stereocenters. The normalized spacial score (nSPS) is 24.0. The van der Waals surface area contributed by atoms with E-state index < -0.39 is 0 Å². The topological polar surface area (TPSA) is 27.7 Å². The zero-order chi connectivity index (χ0) is 15.8. The molecule has 21 heavy (non-hydrogen) atoms. The van der Waals surface area contributed by atoms with Gasteiger partial charge in [-0.1, -0.05) is 45.0 Å². The highest BCUT2D eigenvalue weighted by Gasteiger charge is 2.39. The number of rotatable bonds is 3. The Bertz CT molecular complexity index is 482. The molecular formula is C18H28O3. The summed E-state index contributed by atoms with van der Waals surface area (Å²) in [6.45, 7) is 14.5. The van der Waals surface area contributed by atoms with Crippen LogP contribution in [0.5, 0.6) is 0 Å². The van der Waals surface area contributed by atoms with Gasteiger partial charge in [0, 0.05) is 5.56 Å². The van der Waals surface area contributed by atoms with Crippen LogP contribution in [0.1, 0.15) is 72.0 Å². The Morgan fingerprint density at radius 3 is 2.10 bits per heavy atom. The van der Waals surface area contributed by atoms with Crippen molar-refractivity contribution in [1.82, 2.24) is 0 Å². The van der Waals surface area contributed by atoms with Crippen LogP contribution in [-0.2, 0) is 14.2 Å². The van der Waals surface area contributed by atoms with Crippen LogP contribution in [-0.4, -0.2) is 11.9 Å². The molecule has 0 saturated carbocycles. The summed E-state index contributed by atoms with van der Waals surface area (Å²) in [6.07, 6.45) is -0.634. The van der Waals surface area contributed by atoms with Crippen molar-refractivity contribution in [2.45, 2.75) is 72.8 Å². The Balaban J connectivity index is 2.16. The monoisotopic (exact) mass is 292 g/mol. The Labute approximate surface area is 128 Å². The van der Waals surface area contributed by atoms with Crippen LogP contribution < -0.4 is 0 Å². The molecule has 1 aromatic rings. The maximum atomic E-state index is 6.18. The molecule has 0 saturated heterocycles. The first-order valence-electron chi connectivity index (χ1n) is 7.65. The van der Waals surface area contributed by atoms with Gasteiger partial charge < -0.3 is 14.2 Å². The largest absolute Gasteiger partial charge is 0.347 e. The average molecular weight is 292 g/mol. The molecule has 0 radical (unpaired) electrons. The Kier molecular flexibility index (Phi) is 4.48. The first-order chi connectivity index (χ1) is 9.58. The molecular weight excluding hydrogens is 264 g/mol. The lowest BCUT2D eigenvalue weighted by Gasteiger charge is -2.29. The van der Waals surface area contributed by atoms with E-state index in [4.69, 9.17) is 14.2 Å². The molecule has 118 valence electrons. The van der Waals surface area contributed by atoms with Crippen molar-refractivity contribution < 1.29 is 14.2 Å². The van der Waals surface area contributed by atoms with Crippen LogP contribution in [0, 0.1) is 5.41 Å². The maximum Gasteiger partial charge on any atom is 0.187 e. The molecule has 0 amide bonds. The van der Waals surface area contributed by atoms with E-state index in [0.29, 0.717) is 0 Å². The summed E-state index contributed by atoms with van der Waals surface area (Å²) in [4.78, 5) is 0. The van der Waals surface area contributed by atoms with E-state index in [2.05, 4.69) is 39.0 Å². The molecule has 0 aromatic heterocycles. The number of hydrogen-bond acceptors (Lipinski definition) is 3. The van der Waals surface area contributed by atoms with E-state index in [1.54, 1.807) is 0 Å². The van der Waals surface area contributed by atoms with Crippen LogP contribution in [0.25, 0.3) is 0 Å². The SMILES string of the molecule is CC(OC1OC(C(C)(C)C)c2ccccc21)OC(C)(C)C. The quantitative estimate of drug-likeness (QED) is 0.735. The lowest BCUT2D eigenvalue weighted by molar-refractivity contribution is -0.277. The summed E-state index contributed by atoms with van der Waals surface area (Å²) in [5, 5.41) is 0. The number of fused-ring (bicyclic) bond motifs is 1. The maximum absolute atomic E-state index is 6.18. The van der Waals surface area contributed by atoms with E-state index in [0.717, 1.165) is 5.56 Å². The molecule has 1 aliphatic rings. The van der Waals surface area contributed by atoms with E-state index >= 15 is 0 Å². The third kappa shape index (κ3) is 4.06. The molecule has 0 bridgehead atoms. The minimum Gasteiger partial charge on any atom is -0.347 e. The molecule has 1 aliphatic heterocycles. The van der Waals surface area contributed by atoms with Crippen LogP contribution in [0.3, 0.4) is 0 Å². The molecule has 1 heterocycles. The fourth-order valence-corrected chi connectivity index (χ4v) is 2.71. The second kappa shape index (κ2) is 5.71. The van der Waals surface area contributed by atoms with Gasteiger partial charge in [0.1, 0.15) is 0 Å². The minimum atomic E-state index is -0.359. The molecule has 0 spiro atoms. The van der Waals surface area contributed by atoms with Gasteiger partial charge in [0.15, 0.2) is 12.6 Å². The van der Waals surface area contributed by atoms with E-state index in [-0.39, 0.29) is 29.7 Å². The van der Waals surface area contributed by atoms with Crippen LogP contribution in [0.2, 0.25) is 0 Å². The van der Waals surface area contributed by atoms with Gasteiger partial charge in [-0.2, -0.15) is 0 Å². The predicted octanol–water partition coefficient (Wildman–Crippen LogP) is 4.98. The summed E-state index contributed by atoms with van der Waals surface area (Å²) in [6, 6.07) is 8.29. The Morgan fingerprint density at radius 1 is 1.00 bits per heavy atom. The highest BCUT2D eigenvalue weighted by atomic mass is 16.8. The third-order valence-electron chi connectivity index (χ3n) is 3.41. The smallest absolute Gasteiger partial charge is 0.187 e. The van der Waals surface area contributed by atoms with Gasteiger partial charge >= 0.3 is 0 Å². The molecule has 0 aliphatic carbocycles. The van der Waals surface area contributed by atoms with Gasteiger partial charge in [-0.3, -0.25) is 0 Å². The fourth-order valence-electron chi connectivity index (χ4n) is 2.71. The first kappa shape index (κ1) is 16.5. The fraction of sp³-hybridized carbons (Fsp3) is 0.667. The van der Waals surface area contributed by atoms with Crippen LogP contribution in [0.15, 0.2) is 24.3 Å². The molecule has 0 fully saturated rings. The zero-order valence-electron chi connectivity index (χ0n) is 14.3. The summed E-state index contributed by atoms with van der Waals surface area (Å²) in [5.41, 5.74) is 2.13. The van der Waals surface area contributed by atoms with Crippen LogP contribution in [0.4, 0.5) is 0 Å². The first-order valence-corrected chi connectivity index (χ1v) is 7.65. The Hall–Kier alpha value is -0.900. The van der Waals surface area contributed by atoms with E-state index in [1.807, 2.05) is 33.8 Å². The lowest BCUT2D eigenvalue weighted by Crippen LogP contribution is -2.28. The molecule has 3 nitrogen and oxygen atoms in total. The summed E-state index contributed by atoms with van der Waals surface area (Å²) >= 11 is 0. The van der Waals surface area contributed by atoms with Crippen molar-refractivity contribution in [3.8, 4) is 0 Å². The second-order valence-corrected chi connectivity index (χ2v) is 7.78. The van der Waals surface area contributed by atoms with E-state index in [1.165, 1.54) is 5.56 Å². The zero-order valence-corrected chi connectivity index (χ0v) is 14.3. The summed E-state index contributed by atoms with van der Waals surface area (Å²) < 4.78 is 18.0. The Morgan fingerprint density at radius 2 is 1.57 bits per heavy atom. The highest BCUT2D eigenvalue weighted by Crippen LogP contribution is 2.48. The standard InChI is InChI=1S/C18H28O3/c1-12(21-18(5,6)7)19-16-14-11-9-8-10-13(14)15(20-16)17(2,3)4/h8-12,15-16H,1-7H3. The molecule has 2 rings (SSSR count). The predicted molar refractivity (Wildman–Crippen MR) is 83.8 cm³/mol. The molecule has 3 heteroatoms. The third-order valence-corrected chi connectivity index (χ3v) is 3.41. The average Bonchev–Trinajstić information content (AvgIpc) is 2.66. The number of hydrogen-bond donors (Lipinski definition) is 0. The second-order valence-electron chi connectivity index (χ2n) is 7.78. The summed E-state index contributed by atoms with van der Waals surface area (Å²) in [7, 11) is 0. The number of benzene rings is 1. The van der Waals surface area contributed by atoms with Crippen molar-refractivity contribution >= 4 is 0 Å². The minimum absolute atomic E-state index is 0.0301. The summed E-state index contributed by atoms with van der Waals surface area (Å²) in [5.74, 6) is 0. The van der Waals surface area contributed by atoms with Crippen molar-refractivity contribution in [3.63, 3.8) is 0 Å². The van der Waals surface area contributed by atoms with Crippen molar-refractivity contribution in [2.75, 3.05) is 0 Å². The molecule has 1 aromatic carbocycles. The van der Waals surface area contributed by atoms with Crippen LogP contribution >= 0.6 is 0 Å². The molecule has 3 atom stereocenters. The van der Waals surface area contributed by atoms with Gasteiger partial charge in [-0.05, 0) is 38.7 Å². The number of ether oxygens (including phenoxy) is 3. The van der Waals surface area contributed by atoms with Gasteiger partial charge in [0.2, 0.25) is 0 Å². The highest BCUT2D eigenvalue weighted by molar-refractivity contribution is 5.34. The van der Waals surface area contributed by atoms with Gasteiger partial charge in [0.25, 0.3) is 0 Å². The van der Waals surface area contributed by atoms with Crippen molar-refractivity contribution in [3.05, 3.63) is 35.4 Å². The van der Waals surface area contributed by atoms with Gasteiger partial charge in [-0.25, -0.2) is 0 Å². The molecule has 0 N–H and O–H groups in total.